The zero-order valence-corrected chi connectivity index (χ0v) is 8.23. The van der Waals surface area contributed by atoms with Gasteiger partial charge in [0.15, 0.2) is 0 Å². The van der Waals surface area contributed by atoms with Crippen LogP contribution in [0.4, 0.5) is 4.79 Å². The molecule has 1 saturated heterocycles. The van der Waals surface area contributed by atoms with E-state index in [0.717, 1.165) is 0 Å². The SMILES string of the molecule is COC(=O)N1[C@@H]2[C@H]1[C@H](C)C=C[C@@H]2C. The van der Waals surface area contributed by atoms with E-state index in [1.807, 2.05) is 4.90 Å². The van der Waals surface area contributed by atoms with Crippen LogP contribution < -0.4 is 0 Å². The molecule has 0 aromatic carbocycles. The number of hydrogen-bond donors (Lipinski definition) is 0. The first-order valence-electron chi connectivity index (χ1n) is 4.71. The molecule has 2 aliphatic rings. The molecule has 0 aromatic rings. The Morgan fingerprint density at radius 3 is 2.08 bits per heavy atom. The molecule has 4 atom stereocenters. The predicted octanol–water partition coefficient (Wildman–Crippen LogP) is 1.65. The van der Waals surface area contributed by atoms with E-state index < -0.39 is 0 Å². The topological polar surface area (TPSA) is 29.3 Å². The summed E-state index contributed by atoms with van der Waals surface area (Å²) in [6.45, 7) is 4.28. The van der Waals surface area contributed by atoms with Gasteiger partial charge >= 0.3 is 6.09 Å². The van der Waals surface area contributed by atoms with E-state index in [0.29, 0.717) is 23.9 Å². The lowest BCUT2D eigenvalue weighted by Gasteiger charge is -2.11. The van der Waals surface area contributed by atoms with Gasteiger partial charge in [0.2, 0.25) is 0 Å². The van der Waals surface area contributed by atoms with Gasteiger partial charge in [-0.2, -0.15) is 0 Å². The zero-order valence-electron chi connectivity index (χ0n) is 8.23. The summed E-state index contributed by atoms with van der Waals surface area (Å²) in [5, 5.41) is 0. The Labute approximate surface area is 78.4 Å². The van der Waals surface area contributed by atoms with E-state index in [1.54, 1.807) is 0 Å². The molecule has 0 unspecified atom stereocenters. The number of carbonyl (C=O) groups excluding carboxylic acids is 1. The Balaban J connectivity index is 2.11. The van der Waals surface area contributed by atoms with Gasteiger partial charge in [-0.1, -0.05) is 26.0 Å². The largest absolute Gasteiger partial charge is 0.453 e. The van der Waals surface area contributed by atoms with Crippen molar-refractivity contribution in [3.63, 3.8) is 0 Å². The summed E-state index contributed by atoms with van der Waals surface area (Å²) in [6, 6.07) is 0.764. The fraction of sp³-hybridized carbons (Fsp3) is 0.700. The molecule has 0 aromatic heterocycles. The van der Waals surface area contributed by atoms with Crippen LogP contribution in [0.25, 0.3) is 0 Å². The minimum absolute atomic E-state index is 0.183. The van der Waals surface area contributed by atoms with Crippen LogP contribution in [-0.4, -0.2) is 30.2 Å². The fourth-order valence-electron chi connectivity index (χ4n) is 2.32. The second kappa shape index (κ2) is 2.76. The Morgan fingerprint density at radius 1 is 1.23 bits per heavy atom. The molecular formula is C10H15NO2. The van der Waals surface area contributed by atoms with Crippen molar-refractivity contribution >= 4 is 6.09 Å². The minimum Gasteiger partial charge on any atom is -0.453 e. The third-order valence-corrected chi connectivity index (χ3v) is 3.08. The molecule has 0 N–H and O–H groups in total. The first kappa shape index (κ1) is 8.60. The molecule has 1 heterocycles. The quantitative estimate of drug-likeness (QED) is 0.420. The number of rotatable bonds is 0. The van der Waals surface area contributed by atoms with E-state index >= 15 is 0 Å². The Kier molecular flexibility index (Phi) is 1.82. The fourth-order valence-corrected chi connectivity index (χ4v) is 2.32. The molecule has 13 heavy (non-hydrogen) atoms. The third kappa shape index (κ3) is 1.14. The second-order valence-corrected chi connectivity index (χ2v) is 3.96. The van der Waals surface area contributed by atoms with Crippen molar-refractivity contribution in [3.8, 4) is 0 Å². The number of ether oxygens (including phenoxy) is 1. The summed E-state index contributed by atoms with van der Waals surface area (Å²) in [5.74, 6) is 0.945. The van der Waals surface area contributed by atoms with Gasteiger partial charge in [0.25, 0.3) is 0 Å². The molecule has 0 radical (unpaired) electrons. The molecule has 1 aliphatic carbocycles. The van der Waals surface area contributed by atoms with Crippen LogP contribution in [0.2, 0.25) is 0 Å². The number of nitrogens with zero attached hydrogens (tertiary/aromatic N) is 1. The first-order valence-corrected chi connectivity index (χ1v) is 4.71. The average molecular weight is 181 g/mol. The lowest BCUT2D eigenvalue weighted by Crippen LogP contribution is -2.16. The van der Waals surface area contributed by atoms with Crippen molar-refractivity contribution in [2.75, 3.05) is 7.11 Å². The second-order valence-electron chi connectivity index (χ2n) is 3.96. The van der Waals surface area contributed by atoms with E-state index in [-0.39, 0.29) is 6.09 Å². The van der Waals surface area contributed by atoms with Crippen LogP contribution in [0.1, 0.15) is 13.8 Å². The van der Waals surface area contributed by atoms with Crippen molar-refractivity contribution in [1.82, 2.24) is 4.90 Å². The van der Waals surface area contributed by atoms with Crippen LogP contribution in [0.5, 0.6) is 0 Å². The lowest BCUT2D eigenvalue weighted by atomic mass is 9.91. The summed E-state index contributed by atoms with van der Waals surface area (Å²) in [5.41, 5.74) is 0. The highest BCUT2D eigenvalue weighted by molar-refractivity contribution is 5.72. The molecule has 1 aliphatic heterocycles. The molecule has 3 heteroatoms. The number of hydrogen-bond acceptors (Lipinski definition) is 2. The van der Waals surface area contributed by atoms with E-state index in [2.05, 4.69) is 26.0 Å². The summed E-state index contributed by atoms with van der Waals surface area (Å²) in [7, 11) is 1.44. The molecule has 0 saturated carbocycles. The van der Waals surface area contributed by atoms with Gasteiger partial charge in [0.1, 0.15) is 0 Å². The average Bonchev–Trinajstić information content (AvgIpc) is 2.86. The maximum Gasteiger partial charge on any atom is 0.410 e. The predicted molar refractivity (Wildman–Crippen MR) is 49.3 cm³/mol. The van der Waals surface area contributed by atoms with Crippen LogP contribution in [0.15, 0.2) is 12.2 Å². The van der Waals surface area contributed by atoms with Gasteiger partial charge in [-0.15, -0.1) is 0 Å². The Hall–Kier alpha value is -0.990. The molecule has 1 fully saturated rings. The van der Waals surface area contributed by atoms with Crippen molar-refractivity contribution in [1.29, 1.82) is 0 Å². The molecule has 0 spiro atoms. The number of amides is 1. The van der Waals surface area contributed by atoms with Gasteiger partial charge < -0.3 is 4.74 Å². The van der Waals surface area contributed by atoms with Gasteiger partial charge in [-0.25, -0.2) is 4.79 Å². The molecule has 3 nitrogen and oxygen atoms in total. The summed E-state index contributed by atoms with van der Waals surface area (Å²) in [6.07, 6.45) is 4.20. The molecular weight excluding hydrogens is 166 g/mol. The van der Waals surface area contributed by atoms with Crippen molar-refractivity contribution in [2.24, 2.45) is 11.8 Å². The number of carbonyl (C=O) groups is 1. The van der Waals surface area contributed by atoms with Crippen molar-refractivity contribution in [2.45, 2.75) is 25.9 Å². The highest BCUT2D eigenvalue weighted by atomic mass is 16.5. The van der Waals surface area contributed by atoms with Crippen LogP contribution >= 0.6 is 0 Å². The normalized spacial score (nSPS) is 41.3. The van der Waals surface area contributed by atoms with E-state index in [1.165, 1.54) is 7.11 Å². The molecule has 2 rings (SSSR count). The standard InChI is InChI=1S/C10H15NO2/c1-6-4-5-7(2)9-8(6)11(9)10(12)13-3/h4-9H,1-3H3/t6-,7+,8-,9+,11?. The maximum atomic E-state index is 11.3. The van der Waals surface area contributed by atoms with Crippen LogP contribution in [0.3, 0.4) is 0 Å². The zero-order chi connectivity index (χ0) is 9.59. The lowest BCUT2D eigenvalue weighted by molar-refractivity contribution is 0.148. The smallest absolute Gasteiger partial charge is 0.410 e. The highest BCUT2D eigenvalue weighted by Gasteiger charge is 2.57. The maximum absolute atomic E-state index is 11.3. The van der Waals surface area contributed by atoms with Crippen molar-refractivity contribution < 1.29 is 9.53 Å². The molecule has 72 valence electrons. The Morgan fingerprint density at radius 2 is 1.69 bits per heavy atom. The number of fused-ring (bicyclic) bond motifs is 1. The van der Waals surface area contributed by atoms with E-state index in [9.17, 15) is 4.79 Å². The molecule has 1 amide bonds. The Bertz CT molecular complexity index is 244. The van der Waals surface area contributed by atoms with Crippen molar-refractivity contribution in [3.05, 3.63) is 12.2 Å². The number of methoxy groups -OCH3 is 1. The van der Waals surface area contributed by atoms with Gasteiger partial charge in [0.05, 0.1) is 19.2 Å². The summed E-state index contributed by atoms with van der Waals surface area (Å²) >= 11 is 0. The highest BCUT2D eigenvalue weighted by Crippen LogP contribution is 2.43. The molecule has 0 bridgehead atoms. The van der Waals surface area contributed by atoms with Gasteiger partial charge in [-0.3, -0.25) is 4.90 Å². The first-order chi connectivity index (χ1) is 6.16. The summed E-state index contributed by atoms with van der Waals surface area (Å²) < 4.78 is 4.72. The minimum atomic E-state index is -0.183. The summed E-state index contributed by atoms with van der Waals surface area (Å²) in [4.78, 5) is 13.2. The van der Waals surface area contributed by atoms with Crippen LogP contribution in [-0.2, 0) is 4.74 Å². The third-order valence-electron chi connectivity index (χ3n) is 3.08. The van der Waals surface area contributed by atoms with Gasteiger partial charge in [0, 0.05) is 0 Å². The van der Waals surface area contributed by atoms with Gasteiger partial charge in [-0.05, 0) is 11.8 Å². The van der Waals surface area contributed by atoms with E-state index in [4.69, 9.17) is 4.74 Å². The monoisotopic (exact) mass is 181 g/mol. The van der Waals surface area contributed by atoms with Crippen LogP contribution in [0, 0.1) is 11.8 Å².